The first-order valence-corrected chi connectivity index (χ1v) is 10.8. The molecule has 3 heteroatoms. The predicted molar refractivity (Wildman–Crippen MR) is 130 cm³/mol. The molecule has 0 saturated heterocycles. The highest BCUT2D eigenvalue weighted by molar-refractivity contribution is 6.12. The van der Waals surface area contributed by atoms with Crippen LogP contribution in [0.4, 0.5) is 0 Å². The van der Waals surface area contributed by atoms with E-state index in [1.165, 1.54) is 0 Å². The second kappa shape index (κ2) is 13.3. The van der Waals surface area contributed by atoms with Crippen molar-refractivity contribution in [2.24, 2.45) is 10.4 Å². The fourth-order valence-electron chi connectivity index (χ4n) is 3.78. The van der Waals surface area contributed by atoms with E-state index in [1.807, 2.05) is 72.8 Å². The third kappa shape index (κ3) is 7.95. The maximum atomic E-state index is 11.4. The molecule has 3 aromatic carbocycles. The van der Waals surface area contributed by atoms with Crippen LogP contribution < -0.4 is 0 Å². The predicted octanol–water partition coefficient (Wildman–Crippen LogP) is 5.97. The van der Waals surface area contributed by atoms with Crippen LogP contribution in [0.3, 0.4) is 0 Å². The summed E-state index contributed by atoms with van der Waals surface area (Å²) in [7, 11) is 1.00. The van der Waals surface area contributed by atoms with Crippen LogP contribution in [-0.4, -0.2) is 30.3 Å². The first-order valence-electron chi connectivity index (χ1n) is 10.8. The van der Waals surface area contributed by atoms with E-state index in [2.05, 4.69) is 31.2 Å². The van der Waals surface area contributed by atoms with Gasteiger partial charge in [0, 0.05) is 23.7 Å². The summed E-state index contributed by atoms with van der Waals surface area (Å²) in [5.41, 5.74) is 3.09. The first kappa shape index (κ1) is 24.2. The average Bonchev–Trinajstić information content (AvgIpc) is 2.86. The van der Waals surface area contributed by atoms with E-state index in [9.17, 15) is 4.79 Å². The molecule has 1 N–H and O–H groups in total. The topological polar surface area (TPSA) is 49.7 Å². The number of aliphatic hydroxyl groups is 1. The van der Waals surface area contributed by atoms with Crippen LogP contribution >= 0.6 is 0 Å². The summed E-state index contributed by atoms with van der Waals surface area (Å²) in [6.07, 6.45) is 5.08. The SMILES string of the molecule is CC1(C=O)CCCC(N=C(c2ccccc2)c2ccccc2)C1.CO.c1ccccc1. The fourth-order valence-corrected chi connectivity index (χ4v) is 3.78. The quantitative estimate of drug-likeness (QED) is 0.422. The number of nitrogens with zero attached hydrogens (tertiary/aromatic N) is 1. The van der Waals surface area contributed by atoms with Crippen LogP contribution in [0.25, 0.3) is 0 Å². The van der Waals surface area contributed by atoms with Gasteiger partial charge in [-0.05, 0) is 19.3 Å². The maximum Gasteiger partial charge on any atom is 0.125 e. The number of carbonyl (C=O) groups excluding carboxylic acids is 1. The van der Waals surface area contributed by atoms with Gasteiger partial charge < -0.3 is 9.90 Å². The molecular weight excluding hydrogens is 382 g/mol. The number of hydrogen-bond donors (Lipinski definition) is 1. The summed E-state index contributed by atoms with van der Waals surface area (Å²) < 4.78 is 0. The normalized spacial score (nSPS) is 19.5. The van der Waals surface area contributed by atoms with E-state index in [0.29, 0.717) is 0 Å². The van der Waals surface area contributed by atoms with Gasteiger partial charge in [-0.1, -0.05) is 110 Å². The number of hydrogen-bond acceptors (Lipinski definition) is 3. The highest BCUT2D eigenvalue weighted by atomic mass is 16.2. The van der Waals surface area contributed by atoms with Gasteiger partial charge in [-0.3, -0.25) is 4.99 Å². The molecule has 1 aliphatic rings. The van der Waals surface area contributed by atoms with Crippen LogP contribution in [0, 0.1) is 5.41 Å². The lowest BCUT2D eigenvalue weighted by molar-refractivity contribution is -0.117. The molecule has 0 bridgehead atoms. The zero-order valence-electron chi connectivity index (χ0n) is 18.5. The van der Waals surface area contributed by atoms with Crippen molar-refractivity contribution in [3.8, 4) is 0 Å². The van der Waals surface area contributed by atoms with E-state index in [4.69, 9.17) is 10.1 Å². The third-order valence-corrected chi connectivity index (χ3v) is 5.34. The van der Waals surface area contributed by atoms with E-state index in [1.54, 1.807) is 0 Å². The Morgan fingerprint density at radius 2 is 1.26 bits per heavy atom. The summed E-state index contributed by atoms with van der Waals surface area (Å²) in [4.78, 5) is 16.5. The molecule has 162 valence electrons. The van der Waals surface area contributed by atoms with E-state index >= 15 is 0 Å². The second-order valence-electron chi connectivity index (χ2n) is 7.89. The number of aldehydes is 1. The van der Waals surface area contributed by atoms with Crippen molar-refractivity contribution in [3.63, 3.8) is 0 Å². The standard InChI is InChI=1S/C21H23NO.C6H6.CH4O/c1-21(16-23)14-8-13-19(15-21)22-20(17-9-4-2-5-10-17)18-11-6-3-7-12-18;1-2-4-6-5-3-1;1-2/h2-7,9-12,16,19H,8,13-15H2,1H3;1-6H;2H,1H3. The Morgan fingerprint density at radius 3 is 1.68 bits per heavy atom. The van der Waals surface area contributed by atoms with Gasteiger partial charge in [0.2, 0.25) is 0 Å². The van der Waals surface area contributed by atoms with Crippen molar-refractivity contribution in [1.29, 1.82) is 0 Å². The van der Waals surface area contributed by atoms with Gasteiger partial charge in [0.1, 0.15) is 6.29 Å². The smallest absolute Gasteiger partial charge is 0.125 e. The summed E-state index contributed by atoms with van der Waals surface area (Å²) in [5, 5.41) is 7.00. The van der Waals surface area contributed by atoms with Crippen LogP contribution in [0.1, 0.15) is 43.7 Å². The van der Waals surface area contributed by atoms with Gasteiger partial charge in [-0.2, -0.15) is 0 Å². The minimum absolute atomic E-state index is 0.217. The summed E-state index contributed by atoms with van der Waals surface area (Å²) in [6, 6.07) is 32.9. The highest BCUT2D eigenvalue weighted by Crippen LogP contribution is 2.35. The molecule has 0 aliphatic heterocycles. The number of aliphatic imine (C=N–C) groups is 1. The molecule has 2 unspecified atom stereocenters. The number of rotatable bonds is 4. The van der Waals surface area contributed by atoms with Gasteiger partial charge in [-0.25, -0.2) is 0 Å². The number of aliphatic hydroxyl groups excluding tert-OH is 1. The van der Waals surface area contributed by atoms with E-state index in [-0.39, 0.29) is 11.5 Å². The summed E-state index contributed by atoms with van der Waals surface area (Å²) in [5.74, 6) is 0. The van der Waals surface area contributed by atoms with Crippen LogP contribution in [0.15, 0.2) is 102 Å². The summed E-state index contributed by atoms with van der Waals surface area (Å²) in [6.45, 7) is 2.06. The zero-order valence-corrected chi connectivity index (χ0v) is 18.5. The lowest BCUT2D eigenvalue weighted by atomic mass is 9.75. The minimum Gasteiger partial charge on any atom is -0.400 e. The van der Waals surface area contributed by atoms with Crippen LogP contribution in [0.2, 0.25) is 0 Å². The largest absolute Gasteiger partial charge is 0.400 e. The minimum atomic E-state index is -0.217. The van der Waals surface area contributed by atoms with Crippen molar-refractivity contribution in [3.05, 3.63) is 108 Å². The van der Waals surface area contributed by atoms with Gasteiger partial charge in [0.15, 0.2) is 0 Å². The molecule has 31 heavy (non-hydrogen) atoms. The molecule has 1 fully saturated rings. The molecule has 1 saturated carbocycles. The molecule has 0 amide bonds. The van der Waals surface area contributed by atoms with Gasteiger partial charge >= 0.3 is 0 Å². The van der Waals surface area contributed by atoms with Crippen molar-refractivity contribution < 1.29 is 9.90 Å². The number of benzene rings is 3. The van der Waals surface area contributed by atoms with Crippen molar-refractivity contribution >= 4 is 12.0 Å². The first-order chi connectivity index (χ1) is 15.2. The Balaban J connectivity index is 0.000000363. The average molecular weight is 416 g/mol. The summed E-state index contributed by atoms with van der Waals surface area (Å²) >= 11 is 0. The zero-order chi connectivity index (χ0) is 22.4. The molecule has 4 rings (SSSR count). The van der Waals surface area contributed by atoms with Crippen molar-refractivity contribution in [2.45, 2.75) is 38.6 Å². The van der Waals surface area contributed by atoms with Gasteiger partial charge in [0.05, 0.1) is 11.8 Å². The Bertz CT molecular complexity index is 826. The maximum absolute atomic E-state index is 11.4. The number of carbonyl (C=O) groups is 1. The third-order valence-electron chi connectivity index (χ3n) is 5.34. The molecule has 3 aromatic rings. The molecule has 0 heterocycles. The fraction of sp³-hybridized carbons (Fsp3) is 0.286. The highest BCUT2D eigenvalue weighted by Gasteiger charge is 2.32. The van der Waals surface area contributed by atoms with Gasteiger partial charge in [-0.15, -0.1) is 0 Å². The molecule has 0 aromatic heterocycles. The Morgan fingerprint density at radius 1 is 0.839 bits per heavy atom. The Hall–Kier alpha value is -3.04. The van der Waals surface area contributed by atoms with Crippen LogP contribution in [0.5, 0.6) is 0 Å². The monoisotopic (exact) mass is 415 g/mol. The second-order valence-corrected chi connectivity index (χ2v) is 7.89. The molecule has 0 spiro atoms. The van der Waals surface area contributed by atoms with E-state index < -0.39 is 0 Å². The van der Waals surface area contributed by atoms with Gasteiger partial charge in [0.25, 0.3) is 0 Å². The lowest BCUT2D eigenvalue weighted by Gasteiger charge is -2.32. The molecule has 1 aliphatic carbocycles. The lowest BCUT2D eigenvalue weighted by Crippen LogP contribution is -2.30. The van der Waals surface area contributed by atoms with Crippen LogP contribution in [-0.2, 0) is 4.79 Å². The Labute approximate surface area is 186 Å². The molecule has 2 atom stereocenters. The van der Waals surface area contributed by atoms with Crippen molar-refractivity contribution in [2.75, 3.05) is 7.11 Å². The van der Waals surface area contributed by atoms with E-state index in [0.717, 1.165) is 55.9 Å². The Kier molecular flexibility index (Phi) is 10.4. The van der Waals surface area contributed by atoms with Crippen molar-refractivity contribution in [1.82, 2.24) is 0 Å². The molecule has 0 radical (unpaired) electrons. The molecule has 3 nitrogen and oxygen atoms in total. The molecular formula is C28H33NO2.